The summed E-state index contributed by atoms with van der Waals surface area (Å²) in [6.45, 7) is -0.154. The summed E-state index contributed by atoms with van der Waals surface area (Å²) in [4.78, 5) is 30.9. The van der Waals surface area contributed by atoms with E-state index in [1.807, 2.05) is 29.6 Å². The molecule has 5 nitrogen and oxygen atoms in total. The fourth-order valence-electron chi connectivity index (χ4n) is 3.31. The van der Waals surface area contributed by atoms with Crippen LogP contribution in [-0.4, -0.2) is 15.3 Å². The highest BCUT2D eigenvalue weighted by molar-refractivity contribution is 9.10. The van der Waals surface area contributed by atoms with Crippen molar-refractivity contribution < 1.29 is 9.21 Å². The molecule has 8 heteroatoms. The van der Waals surface area contributed by atoms with Gasteiger partial charge in [-0.2, -0.15) is 0 Å². The molecule has 0 aliphatic rings. The molecule has 0 radical (unpaired) electrons. The van der Waals surface area contributed by atoms with Crippen molar-refractivity contribution in [3.63, 3.8) is 0 Å². The standard InChI is InChI=1S/C22H12BrClN2O3S/c23-14-3-6-18-13(7-14)8-19(29-18)17(27)9-26-11-25-21-20(22(26)28)16(10-30-21)12-1-4-15(24)5-2-12/h1-8,10-11H,9H2. The van der Waals surface area contributed by atoms with Gasteiger partial charge in [-0.05, 0) is 42.0 Å². The van der Waals surface area contributed by atoms with Crippen LogP contribution in [0.5, 0.6) is 0 Å². The van der Waals surface area contributed by atoms with Crippen molar-refractivity contribution >= 4 is 65.8 Å². The smallest absolute Gasteiger partial charge is 0.263 e. The average molecular weight is 500 g/mol. The summed E-state index contributed by atoms with van der Waals surface area (Å²) in [5.41, 5.74) is 2.00. The molecule has 0 aliphatic heterocycles. The Hall–Kier alpha value is -2.74. The Kier molecular flexibility index (Phi) is 4.81. The Morgan fingerprint density at radius 3 is 2.77 bits per heavy atom. The molecule has 148 valence electrons. The van der Waals surface area contributed by atoms with E-state index >= 15 is 0 Å². The van der Waals surface area contributed by atoms with Gasteiger partial charge in [0, 0.05) is 25.8 Å². The molecule has 0 fully saturated rings. The molecule has 0 atom stereocenters. The van der Waals surface area contributed by atoms with Gasteiger partial charge in [0.1, 0.15) is 10.4 Å². The summed E-state index contributed by atoms with van der Waals surface area (Å²) < 4.78 is 7.87. The number of furan rings is 1. The van der Waals surface area contributed by atoms with Gasteiger partial charge < -0.3 is 4.42 Å². The van der Waals surface area contributed by atoms with Crippen LogP contribution >= 0.6 is 38.9 Å². The largest absolute Gasteiger partial charge is 0.453 e. The monoisotopic (exact) mass is 498 g/mol. The van der Waals surface area contributed by atoms with Crippen LogP contribution < -0.4 is 5.56 Å². The molecule has 0 bridgehead atoms. The SMILES string of the molecule is O=C(Cn1cnc2scc(-c3ccc(Cl)cc3)c2c1=O)c1cc2cc(Br)ccc2o1. The third-order valence-electron chi connectivity index (χ3n) is 4.78. The molecule has 30 heavy (non-hydrogen) atoms. The number of hydrogen-bond acceptors (Lipinski definition) is 5. The maximum Gasteiger partial charge on any atom is 0.263 e. The quantitative estimate of drug-likeness (QED) is 0.277. The third kappa shape index (κ3) is 3.39. The van der Waals surface area contributed by atoms with Crippen LogP contribution in [0.1, 0.15) is 10.6 Å². The summed E-state index contributed by atoms with van der Waals surface area (Å²) in [7, 11) is 0. The van der Waals surface area contributed by atoms with Crippen LogP contribution in [-0.2, 0) is 6.54 Å². The van der Waals surface area contributed by atoms with Crippen molar-refractivity contribution in [3.05, 3.63) is 85.8 Å². The fraction of sp³-hybridized carbons (Fsp3) is 0.0455. The summed E-state index contributed by atoms with van der Waals surface area (Å²) in [6.07, 6.45) is 1.41. The number of fused-ring (bicyclic) bond motifs is 2. The van der Waals surface area contributed by atoms with Gasteiger partial charge in [0.05, 0.1) is 18.3 Å². The number of nitrogens with zero attached hydrogens (tertiary/aromatic N) is 2. The molecule has 0 spiro atoms. The molecule has 3 aromatic heterocycles. The highest BCUT2D eigenvalue weighted by atomic mass is 79.9. The van der Waals surface area contributed by atoms with Crippen molar-refractivity contribution in [2.45, 2.75) is 6.54 Å². The van der Waals surface area contributed by atoms with Crippen LogP contribution in [0.3, 0.4) is 0 Å². The predicted molar refractivity (Wildman–Crippen MR) is 123 cm³/mol. The van der Waals surface area contributed by atoms with Gasteiger partial charge >= 0.3 is 0 Å². The first-order valence-corrected chi connectivity index (χ1v) is 11.0. The summed E-state index contributed by atoms with van der Waals surface area (Å²) in [6, 6.07) is 14.5. The number of rotatable bonds is 4. The van der Waals surface area contributed by atoms with E-state index in [1.165, 1.54) is 22.2 Å². The van der Waals surface area contributed by atoms with E-state index in [1.54, 1.807) is 24.3 Å². The Balaban J connectivity index is 1.53. The number of halogens is 2. The molecule has 5 aromatic rings. The lowest BCUT2D eigenvalue weighted by atomic mass is 10.1. The minimum absolute atomic E-state index is 0.154. The van der Waals surface area contributed by atoms with E-state index in [-0.39, 0.29) is 23.6 Å². The van der Waals surface area contributed by atoms with Crippen LogP contribution in [0.4, 0.5) is 0 Å². The van der Waals surface area contributed by atoms with Gasteiger partial charge in [-0.1, -0.05) is 39.7 Å². The van der Waals surface area contributed by atoms with Gasteiger partial charge in [0.2, 0.25) is 5.78 Å². The number of thiophene rings is 1. The van der Waals surface area contributed by atoms with Crippen molar-refractivity contribution in [2.75, 3.05) is 0 Å². The van der Waals surface area contributed by atoms with Crippen molar-refractivity contribution in [1.82, 2.24) is 9.55 Å². The first-order chi connectivity index (χ1) is 14.5. The van der Waals surface area contributed by atoms with Crippen LogP contribution in [0.25, 0.3) is 32.3 Å². The number of Topliss-reactive ketones (excluding diaryl/α,β-unsaturated/α-hetero) is 1. The second-order valence-electron chi connectivity index (χ2n) is 6.73. The van der Waals surface area contributed by atoms with E-state index in [9.17, 15) is 9.59 Å². The zero-order valence-corrected chi connectivity index (χ0v) is 18.4. The van der Waals surface area contributed by atoms with Crippen LogP contribution in [0.15, 0.2) is 73.9 Å². The zero-order chi connectivity index (χ0) is 20.8. The normalized spacial score (nSPS) is 11.4. The van der Waals surface area contributed by atoms with E-state index in [0.29, 0.717) is 20.8 Å². The number of hydrogen-bond donors (Lipinski definition) is 0. The van der Waals surface area contributed by atoms with Crippen molar-refractivity contribution in [1.29, 1.82) is 0 Å². The molecule has 0 saturated carbocycles. The van der Waals surface area contributed by atoms with Gasteiger partial charge in [-0.15, -0.1) is 11.3 Å². The second-order valence-corrected chi connectivity index (χ2v) is 8.94. The highest BCUT2D eigenvalue weighted by Gasteiger charge is 2.17. The molecule has 0 N–H and O–H groups in total. The number of ketones is 1. The van der Waals surface area contributed by atoms with Gasteiger partial charge in [0.25, 0.3) is 5.56 Å². The van der Waals surface area contributed by atoms with E-state index in [4.69, 9.17) is 16.0 Å². The molecule has 3 heterocycles. The minimum atomic E-state index is -0.297. The molecule has 0 amide bonds. The molecule has 0 saturated heterocycles. The van der Waals surface area contributed by atoms with Gasteiger partial charge in [-0.3, -0.25) is 14.2 Å². The van der Waals surface area contributed by atoms with Crippen molar-refractivity contribution in [2.24, 2.45) is 0 Å². The summed E-state index contributed by atoms with van der Waals surface area (Å²) in [5, 5.41) is 3.82. The second kappa shape index (κ2) is 7.50. The minimum Gasteiger partial charge on any atom is -0.453 e. The summed E-state index contributed by atoms with van der Waals surface area (Å²) in [5.74, 6) is -0.0906. The predicted octanol–water partition coefficient (Wildman–Crippen LogP) is 6.17. The van der Waals surface area contributed by atoms with Gasteiger partial charge in [0.15, 0.2) is 5.76 Å². The van der Waals surface area contributed by atoms with Crippen molar-refractivity contribution in [3.8, 4) is 11.1 Å². The highest BCUT2D eigenvalue weighted by Crippen LogP contribution is 2.31. The van der Waals surface area contributed by atoms with Crippen LogP contribution in [0, 0.1) is 0 Å². The Morgan fingerprint density at radius 1 is 1.17 bits per heavy atom. The zero-order valence-electron chi connectivity index (χ0n) is 15.3. The lowest BCUT2D eigenvalue weighted by Crippen LogP contribution is -2.24. The van der Waals surface area contributed by atoms with Gasteiger partial charge in [-0.25, -0.2) is 4.98 Å². The third-order valence-corrected chi connectivity index (χ3v) is 6.41. The molecular weight excluding hydrogens is 488 g/mol. The number of benzene rings is 2. The first kappa shape index (κ1) is 19.2. The number of carbonyl (C=O) groups excluding carboxylic acids is 1. The number of carbonyl (C=O) groups is 1. The maximum absolute atomic E-state index is 13.1. The van der Waals surface area contributed by atoms with Crippen LogP contribution in [0.2, 0.25) is 5.02 Å². The molecule has 0 unspecified atom stereocenters. The maximum atomic E-state index is 13.1. The first-order valence-electron chi connectivity index (χ1n) is 8.94. The molecule has 0 aliphatic carbocycles. The average Bonchev–Trinajstić information content (AvgIpc) is 3.35. The molecule has 2 aromatic carbocycles. The Bertz CT molecular complexity index is 1480. The lowest BCUT2D eigenvalue weighted by molar-refractivity contribution is 0.0945. The molecule has 5 rings (SSSR count). The Morgan fingerprint density at radius 2 is 1.97 bits per heavy atom. The van der Waals surface area contributed by atoms with E-state index in [2.05, 4.69) is 20.9 Å². The van der Waals surface area contributed by atoms with E-state index < -0.39 is 0 Å². The summed E-state index contributed by atoms with van der Waals surface area (Å²) >= 11 is 10.8. The topological polar surface area (TPSA) is 65.1 Å². The fourth-order valence-corrected chi connectivity index (χ4v) is 4.72. The molecular formula is C22H12BrClN2O3S. The van der Waals surface area contributed by atoms with E-state index in [0.717, 1.165) is 21.0 Å². The number of aromatic nitrogens is 2. The Labute approximate surface area is 187 Å². The lowest BCUT2D eigenvalue weighted by Gasteiger charge is -2.05.